The summed E-state index contributed by atoms with van der Waals surface area (Å²) in [6.45, 7) is 0.556. The van der Waals surface area contributed by atoms with E-state index in [9.17, 15) is 4.39 Å². The Hall–Kier alpha value is -1.90. The van der Waals surface area contributed by atoms with Crippen LogP contribution in [0.5, 0.6) is 0 Å². The summed E-state index contributed by atoms with van der Waals surface area (Å²) in [6, 6.07) is 13.3. The van der Waals surface area contributed by atoms with Gasteiger partial charge in [-0.15, -0.1) is 4.39 Å². The van der Waals surface area contributed by atoms with Gasteiger partial charge in [0, 0.05) is 25.7 Å². The van der Waals surface area contributed by atoms with E-state index in [2.05, 4.69) is 0 Å². The van der Waals surface area contributed by atoms with Gasteiger partial charge in [-0.05, 0) is 0 Å². The maximum absolute atomic E-state index is 13.8. The molecule has 3 heteroatoms. The number of anilines is 1. The first-order chi connectivity index (χ1) is 8.16. The number of benzene rings is 1. The molecule has 2 aromatic rings. The summed E-state index contributed by atoms with van der Waals surface area (Å²) in [5, 5.41) is 0. The highest BCUT2D eigenvalue weighted by Crippen LogP contribution is 2.09. The van der Waals surface area contributed by atoms with Crippen LogP contribution < -0.4 is 9.47 Å². The molecule has 0 spiro atoms. The minimum Gasteiger partial charge on any atom is -0.377 e. The van der Waals surface area contributed by atoms with Gasteiger partial charge in [-0.3, -0.25) is 0 Å². The van der Waals surface area contributed by atoms with Crippen LogP contribution >= 0.6 is 0 Å². The number of rotatable bonds is 3. The Morgan fingerprint density at radius 3 is 2.41 bits per heavy atom. The lowest BCUT2D eigenvalue weighted by Gasteiger charge is -2.10. The van der Waals surface area contributed by atoms with Gasteiger partial charge in [-0.1, -0.05) is 30.3 Å². The molecule has 88 valence electrons. The number of aromatic nitrogens is 1. The van der Waals surface area contributed by atoms with Crippen LogP contribution in [0.4, 0.5) is 10.1 Å². The summed E-state index contributed by atoms with van der Waals surface area (Å²) in [7, 11) is 3.80. The molecule has 2 nitrogen and oxygen atoms in total. The summed E-state index contributed by atoms with van der Waals surface area (Å²) in [4.78, 5) is 1.88. The van der Waals surface area contributed by atoms with E-state index in [1.165, 1.54) is 0 Å². The number of pyridine rings is 1. The molecule has 0 fully saturated rings. The Morgan fingerprint density at radius 2 is 1.82 bits per heavy atom. The molecule has 2 rings (SSSR count). The van der Waals surface area contributed by atoms with Crippen molar-refractivity contribution in [1.29, 1.82) is 0 Å². The van der Waals surface area contributed by atoms with Crippen molar-refractivity contribution in [2.24, 2.45) is 0 Å². The smallest absolute Gasteiger partial charge is 0.361 e. The lowest BCUT2D eigenvalue weighted by atomic mass is 10.2. The SMILES string of the molecule is CN(C)c1cc[n+](Cc2ccccc2)c(F)c1. The van der Waals surface area contributed by atoms with Gasteiger partial charge in [0.05, 0.1) is 11.8 Å². The van der Waals surface area contributed by atoms with Crippen molar-refractivity contribution >= 4 is 5.69 Å². The summed E-state index contributed by atoms with van der Waals surface area (Å²) < 4.78 is 15.4. The van der Waals surface area contributed by atoms with Gasteiger partial charge in [-0.25, -0.2) is 0 Å². The van der Waals surface area contributed by atoms with Crippen molar-refractivity contribution in [2.45, 2.75) is 6.54 Å². The van der Waals surface area contributed by atoms with E-state index >= 15 is 0 Å². The standard InChI is InChI=1S/C14H16FN2/c1-16(2)13-8-9-17(14(15)10-13)11-12-6-4-3-5-7-12/h3-10H,11H2,1-2H3/q+1. The molecule has 0 aliphatic carbocycles. The fourth-order valence-corrected chi connectivity index (χ4v) is 1.68. The van der Waals surface area contributed by atoms with Crippen LogP contribution in [0.15, 0.2) is 48.7 Å². The van der Waals surface area contributed by atoms with Gasteiger partial charge in [0.2, 0.25) is 0 Å². The van der Waals surface area contributed by atoms with Crippen LogP contribution in [-0.4, -0.2) is 14.1 Å². The number of hydrogen-bond acceptors (Lipinski definition) is 1. The third-order valence-electron chi connectivity index (χ3n) is 2.68. The zero-order chi connectivity index (χ0) is 12.3. The molecule has 1 aromatic carbocycles. The van der Waals surface area contributed by atoms with Crippen molar-refractivity contribution in [3.63, 3.8) is 0 Å². The minimum atomic E-state index is -0.222. The molecule has 0 N–H and O–H groups in total. The highest BCUT2D eigenvalue weighted by atomic mass is 19.1. The zero-order valence-corrected chi connectivity index (χ0v) is 10.1. The molecule has 0 aliphatic heterocycles. The third kappa shape index (κ3) is 2.81. The molecule has 0 saturated carbocycles. The molecule has 0 radical (unpaired) electrons. The summed E-state index contributed by atoms with van der Waals surface area (Å²) in [6.07, 6.45) is 1.78. The van der Waals surface area contributed by atoms with Gasteiger partial charge < -0.3 is 4.90 Å². The van der Waals surface area contributed by atoms with E-state index in [0.717, 1.165) is 11.3 Å². The van der Waals surface area contributed by atoms with Gasteiger partial charge in [-0.2, -0.15) is 4.57 Å². The third-order valence-corrected chi connectivity index (χ3v) is 2.68. The second-order valence-electron chi connectivity index (χ2n) is 4.22. The Kier molecular flexibility index (Phi) is 3.38. The monoisotopic (exact) mass is 231 g/mol. The predicted octanol–water partition coefficient (Wildman–Crippen LogP) is 2.23. The van der Waals surface area contributed by atoms with Crippen LogP contribution in [0.25, 0.3) is 0 Å². The van der Waals surface area contributed by atoms with Crippen LogP contribution in [-0.2, 0) is 6.54 Å². The Bertz CT molecular complexity index is 495. The van der Waals surface area contributed by atoms with Crippen LogP contribution in [0.3, 0.4) is 0 Å². The fraction of sp³-hybridized carbons (Fsp3) is 0.214. The number of hydrogen-bond donors (Lipinski definition) is 0. The quantitative estimate of drug-likeness (QED) is 0.580. The first-order valence-electron chi connectivity index (χ1n) is 5.57. The highest BCUT2D eigenvalue weighted by molar-refractivity contribution is 5.41. The maximum atomic E-state index is 13.8. The molecule has 1 heterocycles. The molecule has 0 aliphatic rings. The molecule has 0 atom stereocenters. The number of nitrogens with zero attached hydrogens (tertiary/aromatic N) is 2. The van der Waals surface area contributed by atoms with Crippen molar-refractivity contribution in [1.82, 2.24) is 0 Å². The fourth-order valence-electron chi connectivity index (χ4n) is 1.68. The van der Waals surface area contributed by atoms with Crippen LogP contribution in [0.1, 0.15) is 5.56 Å². The van der Waals surface area contributed by atoms with Crippen LogP contribution in [0, 0.1) is 5.95 Å². The van der Waals surface area contributed by atoms with E-state index in [4.69, 9.17) is 0 Å². The Morgan fingerprint density at radius 1 is 1.12 bits per heavy atom. The predicted molar refractivity (Wildman–Crippen MR) is 66.5 cm³/mol. The van der Waals surface area contributed by atoms with E-state index in [1.807, 2.05) is 55.4 Å². The first-order valence-corrected chi connectivity index (χ1v) is 5.57. The Balaban J connectivity index is 2.23. The molecular formula is C14H16FN2+. The maximum Gasteiger partial charge on any atom is 0.361 e. The first kappa shape index (κ1) is 11.6. The lowest BCUT2D eigenvalue weighted by Crippen LogP contribution is -2.38. The number of halogens is 1. The molecule has 1 aromatic heterocycles. The molecule has 0 amide bonds. The van der Waals surface area contributed by atoms with Crippen LogP contribution in [0.2, 0.25) is 0 Å². The normalized spacial score (nSPS) is 10.3. The van der Waals surface area contributed by atoms with Crippen molar-refractivity contribution in [2.75, 3.05) is 19.0 Å². The Labute approximate surface area is 101 Å². The zero-order valence-electron chi connectivity index (χ0n) is 10.1. The topological polar surface area (TPSA) is 7.12 Å². The summed E-state index contributed by atoms with van der Waals surface area (Å²) >= 11 is 0. The molecule has 0 bridgehead atoms. The van der Waals surface area contributed by atoms with E-state index in [0.29, 0.717) is 6.54 Å². The largest absolute Gasteiger partial charge is 0.377 e. The molecular weight excluding hydrogens is 215 g/mol. The van der Waals surface area contributed by atoms with Gasteiger partial charge in [0.15, 0.2) is 12.7 Å². The van der Waals surface area contributed by atoms with Crippen molar-refractivity contribution < 1.29 is 8.96 Å². The van der Waals surface area contributed by atoms with Gasteiger partial charge in [0.1, 0.15) is 0 Å². The van der Waals surface area contributed by atoms with E-state index in [-0.39, 0.29) is 5.95 Å². The second kappa shape index (κ2) is 4.95. The average Bonchev–Trinajstić information content (AvgIpc) is 2.33. The van der Waals surface area contributed by atoms with E-state index < -0.39 is 0 Å². The average molecular weight is 231 g/mol. The van der Waals surface area contributed by atoms with Crippen molar-refractivity contribution in [3.8, 4) is 0 Å². The molecule has 0 saturated heterocycles. The molecule has 17 heavy (non-hydrogen) atoms. The van der Waals surface area contributed by atoms with Gasteiger partial charge in [0.25, 0.3) is 0 Å². The summed E-state index contributed by atoms with van der Waals surface area (Å²) in [5.74, 6) is -0.222. The minimum absolute atomic E-state index is 0.222. The highest BCUT2D eigenvalue weighted by Gasteiger charge is 2.12. The lowest BCUT2D eigenvalue weighted by molar-refractivity contribution is -0.715. The summed E-state index contributed by atoms with van der Waals surface area (Å²) in [5.41, 5.74) is 1.96. The second-order valence-corrected chi connectivity index (χ2v) is 4.22. The van der Waals surface area contributed by atoms with Gasteiger partial charge >= 0.3 is 5.95 Å². The molecule has 0 unspecified atom stereocenters. The van der Waals surface area contributed by atoms with E-state index in [1.54, 1.807) is 16.8 Å². The van der Waals surface area contributed by atoms with Crippen molar-refractivity contribution in [3.05, 3.63) is 60.2 Å².